The van der Waals surface area contributed by atoms with Gasteiger partial charge in [0.05, 0.1) is 6.04 Å². The van der Waals surface area contributed by atoms with Gasteiger partial charge in [0.25, 0.3) is 0 Å². The van der Waals surface area contributed by atoms with Crippen LogP contribution in [0.5, 0.6) is 0 Å². The first-order chi connectivity index (χ1) is 11.2. The van der Waals surface area contributed by atoms with Gasteiger partial charge in [0.15, 0.2) is 0 Å². The fourth-order valence-corrected chi connectivity index (χ4v) is 3.98. The van der Waals surface area contributed by atoms with E-state index in [1.807, 2.05) is 35.2 Å². The molecule has 1 aromatic carbocycles. The summed E-state index contributed by atoms with van der Waals surface area (Å²) in [6.07, 6.45) is 7.10. The van der Waals surface area contributed by atoms with Gasteiger partial charge < -0.3 is 10.6 Å². The zero-order chi connectivity index (χ0) is 16.1. The number of amides is 1. The minimum Gasteiger partial charge on any atom is -0.340 e. The van der Waals surface area contributed by atoms with Gasteiger partial charge in [0.2, 0.25) is 5.91 Å². The van der Waals surface area contributed by atoms with Gasteiger partial charge in [0, 0.05) is 32.2 Å². The molecule has 2 fully saturated rings. The number of hydrogen-bond donors (Lipinski definition) is 1. The van der Waals surface area contributed by atoms with Crippen LogP contribution in [0.4, 0.5) is 0 Å². The summed E-state index contributed by atoms with van der Waals surface area (Å²) in [5.74, 6) is 0.113. The molecule has 1 heterocycles. The number of benzene rings is 1. The average Bonchev–Trinajstić information content (AvgIpc) is 3.00. The number of carbonyl (C=O) groups excluding carboxylic acids is 1. The van der Waals surface area contributed by atoms with Crippen molar-refractivity contribution < 1.29 is 4.79 Å². The molecule has 2 aliphatic rings. The number of halogens is 2. The lowest BCUT2D eigenvalue weighted by molar-refractivity contribution is -0.132. The summed E-state index contributed by atoms with van der Waals surface area (Å²) in [5, 5.41) is 0. The number of carbonyl (C=O) groups is 1. The van der Waals surface area contributed by atoms with Crippen LogP contribution in [0.3, 0.4) is 0 Å². The second kappa shape index (κ2) is 11.0. The van der Waals surface area contributed by atoms with E-state index in [2.05, 4.69) is 4.90 Å². The quantitative estimate of drug-likeness (QED) is 0.863. The van der Waals surface area contributed by atoms with E-state index in [4.69, 9.17) is 5.73 Å². The first kappa shape index (κ1) is 22.2. The minimum absolute atomic E-state index is 0. The van der Waals surface area contributed by atoms with Crippen molar-refractivity contribution in [2.75, 3.05) is 26.2 Å². The van der Waals surface area contributed by atoms with Gasteiger partial charge in [-0.25, -0.2) is 0 Å². The molecule has 1 aliphatic heterocycles. The highest BCUT2D eigenvalue weighted by molar-refractivity contribution is 5.85. The van der Waals surface area contributed by atoms with E-state index in [0.29, 0.717) is 6.42 Å². The van der Waals surface area contributed by atoms with Crippen LogP contribution < -0.4 is 5.73 Å². The molecule has 1 aliphatic carbocycles. The summed E-state index contributed by atoms with van der Waals surface area (Å²) in [6, 6.07) is 10.4. The Labute approximate surface area is 163 Å². The van der Waals surface area contributed by atoms with Crippen LogP contribution >= 0.6 is 24.8 Å². The fraction of sp³-hybridized carbons (Fsp3) is 0.632. The first-order valence-electron chi connectivity index (χ1n) is 9.06. The predicted molar refractivity (Wildman–Crippen MR) is 108 cm³/mol. The van der Waals surface area contributed by atoms with E-state index in [-0.39, 0.29) is 30.7 Å². The third kappa shape index (κ3) is 6.14. The molecule has 2 N–H and O–H groups in total. The monoisotopic (exact) mass is 387 g/mol. The summed E-state index contributed by atoms with van der Waals surface area (Å²) >= 11 is 0. The normalized spacial score (nSPS) is 20.3. The molecule has 1 amide bonds. The smallest absolute Gasteiger partial charge is 0.239 e. The Morgan fingerprint density at radius 2 is 1.68 bits per heavy atom. The Bertz CT molecular complexity index is 509. The second-order valence-electron chi connectivity index (χ2n) is 6.95. The third-order valence-electron chi connectivity index (χ3n) is 5.30. The van der Waals surface area contributed by atoms with Gasteiger partial charge in [-0.2, -0.15) is 0 Å². The van der Waals surface area contributed by atoms with Gasteiger partial charge in [0.1, 0.15) is 0 Å². The minimum atomic E-state index is -0.421. The first-order valence-corrected chi connectivity index (χ1v) is 9.06. The molecule has 25 heavy (non-hydrogen) atoms. The van der Waals surface area contributed by atoms with Crippen LogP contribution in [-0.4, -0.2) is 54.0 Å². The van der Waals surface area contributed by atoms with Crippen molar-refractivity contribution in [2.24, 2.45) is 5.73 Å². The summed E-state index contributed by atoms with van der Waals surface area (Å²) in [4.78, 5) is 17.3. The highest BCUT2D eigenvalue weighted by Crippen LogP contribution is 2.24. The molecule has 1 saturated heterocycles. The maximum absolute atomic E-state index is 12.7. The molecular weight excluding hydrogens is 357 g/mol. The van der Waals surface area contributed by atoms with Crippen molar-refractivity contribution in [3.8, 4) is 0 Å². The van der Waals surface area contributed by atoms with Crippen molar-refractivity contribution in [3.63, 3.8) is 0 Å². The Morgan fingerprint density at radius 3 is 2.36 bits per heavy atom. The lowest BCUT2D eigenvalue weighted by Gasteiger charge is -2.28. The maximum atomic E-state index is 12.7. The fourth-order valence-electron chi connectivity index (χ4n) is 3.98. The van der Waals surface area contributed by atoms with E-state index >= 15 is 0 Å². The standard InChI is InChI=1S/C19H29N3O.2ClH/c20-18(15-16-7-2-1-3-8-16)19(23)22-12-6-11-21(13-14-22)17-9-4-5-10-17;;/h1-3,7-8,17-18H,4-6,9-15,20H2;2*1H. The SMILES string of the molecule is Cl.Cl.NC(Cc1ccccc1)C(=O)N1CCCN(C2CCCC2)CC1. The summed E-state index contributed by atoms with van der Waals surface area (Å²) in [7, 11) is 0. The van der Waals surface area contributed by atoms with Gasteiger partial charge in [-0.1, -0.05) is 43.2 Å². The molecule has 142 valence electrons. The molecule has 6 heteroatoms. The average molecular weight is 388 g/mol. The van der Waals surface area contributed by atoms with E-state index in [9.17, 15) is 4.79 Å². The summed E-state index contributed by atoms with van der Waals surface area (Å²) in [6.45, 7) is 3.82. The molecule has 3 rings (SSSR count). The Morgan fingerprint density at radius 1 is 1.00 bits per heavy atom. The summed E-state index contributed by atoms with van der Waals surface area (Å²) in [5.41, 5.74) is 7.32. The van der Waals surface area contributed by atoms with Crippen LogP contribution in [0.2, 0.25) is 0 Å². The maximum Gasteiger partial charge on any atom is 0.239 e. The predicted octanol–water partition coefficient (Wildman–Crippen LogP) is 2.88. The van der Waals surface area contributed by atoms with E-state index in [1.54, 1.807) is 0 Å². The van der Waals surface area contributed by atoms with Crippen molar-refractivity contribution >= 4 is 30.7 Å². The molecule has 0 radical (unpaired) electrons. The molecule has 1 atom stereocenters. The Kier molecular flexibility index (Phi) is 9.80. The number of nitrogens with two attached hydrogens (primary N) is 1. The van der Waals surface area contributed by atoms with Crippen LogP contribution in [0, 0.1) is 0 Å². The van der Waals surface area contributed by atoms with Crippen LogP contribution in [0.15, 0.2) is 30.3 Å². The third-order valence-corrected chi connectivity index (χ3v) is 5.30. The highest BCUT2D eigenvalue weighted by atomic mass is 35.5. The largest absolute Gasteiger partial charge is 0.340 e. The van der Waals surface area contributed by atoms with Crippen molar-refractivity contribution in [3.05, 3.63) is 35.9 Å². The van der Waals surface area contributed by atoms with Crippen molar-refractivity contribution in [1.82, 2.24) is 9.80 Å². The van der Waals surface area contributed by atoms with E-state index < -0.39 is 6.04 Å². The molecule has 0 aromatic heterocycles. The zero-order valence-corrected chi connectivity index (χ0v) is 16.4. The van der Waals surface area contributed by atoms with Gasteiger partial charge >= 0.3 is 0 Å². The molecule has 0 bridgehead atoms. The van der Waals surface area contributed by atoms with Crippen molar-refractivity contribution in [2.45, 2.75) is 50.6 Å². The van der Waals surface area contributed by atoms with Crippen LogP contribution in [0.25, 0.3) is 0 Å². The van der Waals surface area contributed by atoms with Crippen LogP contribution in [-0.2, 0) is 11.2 Å². The number of nitrogens with zero attached hydrogens (tertiary/aromatic N) is 2. The highest BCUT2D eigenvalue weighted by Gasteiger charge is 2.27. The second-order valence-corrected chi connectivity index (χ2v) is 6.95. The molecule has 1 unspecified atom stereocenters. The molecular formula is C19H31Cl2N3O. The molecule has 0 spiro atoms. The number of rotatable bonds is 4. The molecule has 1 aromatic rings. The van der Waals surface area contributed by atoms with Crippen LogP contribution in [0.1, 0.15) is 37.7 Å². The lowest BCUT2D eigenvalue weighted by atomic mass is 10.1. The topological polar surface area (TPSA) is 49.6 Å². The number of hydrogen-bond acceptors (Lipinski definition) is 3. The lowest BCUT2D eigenvalue weighted by Crippen LogP contribution is -2.46. The van der Waals surface area contributed by atoms with Gasteiger partial charge in [-0.05, 0) is 31.2 Å². The molecule has 1 saturated carbocycles. The summed E-state index contributed by atoms with van der Waals surface area (Å²) < 4.78 is 0. The Hall–Kier alpha value is -0.810. The van der Waals surface area contributed by atoms with E-state index in [0.717, 1.165) is 44.2 Å². The van der Waals surface area contributed by atoms with E-state index in [1.165, 1.54) is 25.7 Å². The zero-order valence-electron chi connectivity index (χ0n) is 14.8. The molecule has 4 nitrogen and oxygen atoms in total. The van der Waals surface area contributed by atoms with Gasteiger partial charge in [-0.3, -0.25) is 9.69 Å². The van der Waals surface area contributed by atoms with Crippen molar-refractivity contribution in [1.29, 1.82) is 0 Å². The Balaban J connectivity index is 0.00000156. The van der Waals surface area contributed by atoms with Gasteiger partial charge in [-0.15, -0.1) is 24.8 Å².